The number of hydrogen-bond acceptors (Lipinski definition) is 3. The molecule has 1 spiro atoms. The fourth-order valence-corrected chi connectivity index (χ4v) is 4.01. The van der Waals surface area contributed by atoms with Crippen molar-refractivity contribution in [2.45, 2.75) is 57.0 Å². The van der Waals surface area contributed by atoms with Crippen molar-refractivity contribution in [3.05, 3.63) is 34.3 Å². The van der Waals surface area contributed by atoms with Gasteiger partial charge in [-0.3, -0.25) is 14.5 Å². The number of carbonyl (C=O) groups is 3. The van der Waals surface area contributed by atoms with E-state index in [0.717, 1.165) is 35.7 Å². The number of urea groups is 1. The molecule has 1 saturated heterocycles. The lowest BCUT2D eigenvalue weighted by atomic mass is 9.98. The van der Waals surface area contributed by atoms with Gasteiger partial charge in [0.05, 0.1) is 6.04 Å². The maximum absolute atomic E-state index is 12.5. The molecule has 2 aliphatic rings. The molecule has 0 aromatic heterocycles. The summed E-state index contributed by atoms with van der Waals surface area (Å²) in [6.07, 6.45) is 4.13. The number of hydrogen-bond donors (Lipinski definition) is 2. The van der Waals surface area contributed by atoms with Crippen LogP contribution in [-0.2, 0) is 9.59 Å². The summed E-state index contributed by atoms with van der Waals surface area (Å²) in [4.78, 5) is 38.1. The van der Waals surface area contributed by atoms with Crippen LogP contribution in [0.15, 0.2) is 28.7 Å². The molecule has 1 heterocycles. The van der Waals surface area contributed by atoms with Gasteiger partial charge in [0.15, 0.2) is 0 Å². The van der Waals surface area contributed by atoms with Crippen molar-refractivity contribution in [3.8, 4) is 0 Å². The van der Waals surface area contributed by atoms with Crippen LogP contribution < -0.4 is 10.6 Å². The molecule has 1 saturated carbocycles. The van der Waals surface area contributed by atoms with Crippen LogP contribution in [0.2, 0.25) is 0 Å². The number of imide groups is 1. The van der Waals surface area contributed by atoms with Crippen LogP contribution in [0, 0.1) is 0 Å². The van der Waals surface area contributed by atoms with Gasteiger partial charge >= 0.3 is 6.03 Å². The van der Waals surface area contributed by atoms with Gasteiger partial charge in [-0.15, -0.1) is 0 Å². The van der Waals surface area contributed by atoms with Gasteiger partial charge in [0.2, 0.25) is 5.91 Å². The van der Waals surface area contributed by atoms with Gasteiger partial charge in [-0.25, -0.2) is 4.79 Å². The quantitative estimate of drug-likeness (QED) is 0.691. The molecule has 4 amide bonds. The molecule has 140 valence electrons. The standard InChI is InChI=1S/C19H24BrN3O3/c1-13(14-6-8-15(20)9-7-14)21-16(24)5-4-12-23-17(25)19(22-18(23)26)10-2-3-11-19/h6-9,13H,2-5,10-12H2,1H3,(H,21,24)(H,22,26)/t13-/m0/s1. The van der Waals surface area contributed by atoms with Crippen LogP contribution in [0.5, 0.6) is 0 Å². The lowest BCUT2D eigenvalue weighted by Crippen LogP contribution is -2.44. The Bertz CT molecular complexity index is 698. The minimum Gasteiger partial charge on any atom is -0.350 e. The fraction of sp³-hybridized carbons (Fsp3) is 0.526. The van der Waals surface area contributed by atoms with Gasteiger partial charge in [0.25, 0.3) is 5.91 Å². The Morgan fingerprint density at radius 1 is 1.27 bits per heavy atom. The van der Waals surface area contributed by atoms with E-state index in [4.69, 9.17) is 0 Å². The predicted molar refractivity (Wildman–Crippen MR) is 101 cm³/mol. The van der Waals surface area contributed by atoms with E-state index >= 15 is 0 Å². The molecule has 2 N–H and O–H groups in total. The molecule has 1 aliphatic heterocycles. The maximum Gasteiger partial charge on any atom is 0.325 e. The van der Waals surface area contributed by atoms with Crippen molar-refractivity contribution in [2.24, 2.45) is 0 Å². The van der Waals surface area contributed by atoms with Gasteiger partial charge < -0.3 is 10.6 Å². The van der Waals surface area contributed by atoms with E-state index in [-0.39, 0.29) is 36.9 Å². The van der Waals surface area contributed by atoms with Crippen molar-refractivity contribution >= 4 is 33.8 Å². The highest BCUT2D eigenvalue weighted by molar-refractivity contribution is 9.10. The average molecular weight is 422 g/mol. The van der Waals surface area contributed by atoms with Crippen LogP contribution in [-0.4, -0.2) is 34.8 Å². The largest absolute Gasteiger partial charge is 0.350 e. The molecular weight excluding hydrogens is 398 g/mol. The second-order valence-electron chi connectivity index (χ2n) is 7.12. The Morgan fingerprint density at radius 2 is 1.92 bits per heavy atom. The third-order valence-electron chi connectivity index (χ3n) is 5.24. The van der Waals surface area contributed by atoms with Gasteiger partial charge in [-0.05, 0) is 43.9 Å². The summed E-state index contributed by atoms with van der Waals surface area (Å²) in [5.74, 6) is -0.202. The van der Waals surface area contributed by atoms with E-state index in [2.05, 4.69) is 26.6 Å². The van der Waals surface area contributed by atoms with Crippen molar-refractivity contribution < 1.29 is 14.4 Å². The summed E-state index contributed by atoms with van der Waals surface area (Å²) >= 11 is 3.39. The summed E-state index contributed by atoms with van der Waals surface area (Å²) in [7, 11) is 0. The van der Waals surface area contributed by atoms with E-state index in [9.17, 15) is 14.4 Å². The number of amides is 4. The van der Waals surface area contributed by atoms with Crippen molar-refractivity contribution in [1.82, 2.24) is 15.5 Å². The third-order valence-corrected chi connectivity index (χ3v) is 5.76. The van der Waals surface area contributed by atoms with E-state index < -0.39 is 5.54 Å². The highest BCUT2D eigenvalue weighted by atomic mass is 79.9. The zero-order chi connectivity index (χ0) is 18.7. The Morgan fingerprint density at radius 3 is 2.58 bits per heavy atom. The molecule has 6 nitrogen and oxygen atoms in total. The van der Waals surface area contributed by atoms with Crippen molar-refractivity contribution in [3.63, 3.8) is 0 Å². The first-order valence-corrected chi connectivity index (χ1v) is 9.89. The van der Waals surface area contributed by atoms with Crippen LogP contribution in [0.3, 0.4) is 0 Å². The minimum atomic E-state index is -0.671. The average Bonchev–Trinajstić information content (AvgIpc) is 3.16. The van der Waals surface area contributed by atoms with Crippen LogP contribution in [0.4, 0.5) is 4.79 Å². The molecule has 0 radical (unpaired) electrons. The topological polar surface area (TPSA) is 78.5 Å². The van der Waals surface area contributed by atoms with Gasteiger partial charge in [0, 0.05) is 17.4 Å². The Hall–Kier alpha value is -1.89. The summed E-state index contributed by atoms with van der Waals surface area (Å²) in [5.41, 5.74) is 0.355. The minimum absolute atomic E-state index is 0.0805. The van der Waals surface area contributed by atoms with Crippen LogP contribution in [0.1, 0.15) is 57.1 Å². The SMILES string of the molecule is C[C@H](NC(=O)CCCN1C(=O)NC2(CCCC2)C1=O)c1ccc(Br)cc1. The first kappa shape index (κ1) is 18.9. The van der Waals surface area contributed by atoms with Crippen LogP contribution >= 0.6 is 15.9 Å². The smallest absolute Gasteiger partial charge is 0.325 e. The predicted octanol–water partition coefficient (Wildman–Crippen LogP) is 3.27. The van der Waals surface area contributed by atoms with Gasteiger partial charge in [0.1, 0.15) is 5.54 Å². The highest BCUT2D eigenvalue weighted by Gasteiger charge is 2.51. The number of nitrogens with one attached hydrogen (secondary N) is 2. The molecule has 26 heavy (non-hydrogen) atoms. The van der Waals surface area contributed by atoms with E-state index in [1.54, 1.807) is 0 Å². The highest BCUT2D eigenvalue weighted by Crippen LogP contribution is 2.35. The summed E-state index contributed by atoms with van der Waals surface area (Å²) in [6, 6.07) is 7.39. The molecular formula is C19H24BrN3O3. The van der Waals surface area contributed by atoms with Gasteiger partial charge in [-0.1, -0.05) is 40.9 Å². The molecule has 7 heteroatoms. The van der Waals surface area contributed by atoms with E-state index in [1.165, 1.54) is 4.90 Å². The van der Waals surface area contributed by atoms with Gasteiger partial charge in [-0.2, -0.15) is 0 Å². The number of rotatable bonds is 6. The molecule has 1 aromatic carbocycles. The molecule has 3 rings (SSSR count). The third kappa shape index (κ3) is 3.92. The summed E-state index contributed by atoms with van der Waals surface area (Å²) in [6.45, 7) is 2.22. The van der Waals surface area contributed by atoms with Crippen molar-refractivity contribution in [2.75, 3.05) is 6.54 Å². The lowest BCUT2D eigenvalue weighted by Gasteiger charge is -2.20. The molecule has 1 atom stereocenters. The Kier molecular flexibility index (Phi) is 5.65. The number of nitrogens with zero attached hydrogens (tertiary/aromatic N) is 1. The molecule has 0 bridgehead atoms. The monoisotopic (exact) mass is 421 g/mol. The zero-order valence-electron chi connectivity index (χ0n) is 14.9. The Balaban J connectivity index is 1.45. The van der Waals surface area contributed by atoms with Crippen LogP contribution in [0.25, 0.3) is 0 Å². The zero-order valence-corrected chi connectivity index (χ0v) is 16.5. The molecule has 1 aromatic rings. The second-order valence-corrected chi connectivity index (χ2v) is 8.04. The summed E-state index contributed by atoms with van der Waals surface area (Å²) < 4.78 is 0.994. The molecule has 2 fully saturated rings. The number of carbonyl (C=O) groups excluding carboxylic acids is 3. The summed E-state index contributed by atoms with van der Waals surface area (Å²) in [5, 5.41) is 5.81. The first-order valence-electron chi connectivity index (χ1n) is 9.10. The van der Waals surface area contributed by atoms with E-state index in [0.29, 0.717) is 6.42 Å². The lowest BCUT2D eigenvalue weighted by molar-refractivity contribution is -0.131. The number of benzene rings is 1. The fourth-order valence-electron chi connectivity index (χ4n) is 3.74. The maximum atomic E-state index is 12.5. The van der Waals surface area contributed by atoms with E-state index in [1.807, 2.05) is 31.2 Å². The normalized spacial score (nSPS) is 19.7. The number of halogens is 1. The van der Waals surface area contributed by atoms with Crippen molar-refractivity contribution in [1.29, 1.82) is 0 Å². The second kappa shape index (κ2) is 7.78. The first-order chi connectivity index (χ1) is 12.4. The Labute approximate surface area is 161 Å². The molecule has 0 unspecified atom stereocenters. The molecule has 1 aliphatic carbocycles.